The van der Waals surface area contributed by atoms with Gasteiger partial charge in [0, 0.05) is 49.9 Å². The van der Waals surface area contributed by atoms with Crippen LogP contribution in [0.2, 0.25) is 0 Å². The fraction of sp³-hybridized carbons (Fsp3) is 0.480. The van der Waals surface area contributed by atoms with Crippen LogP contribution < -0.4 is 21.3 Å². The second-order valence-corrected chi connectivity index (χ2v) is 10.1. The van der Waals surface area contributed by atoms with Crippen molar-refractivity contribution < 1.29 is 4.74 Å². The number of nitrogens with zero attached hydrogens (tertiary/aromatic N) is 7. The normalized spacial score (nSPS) is 21.1. The second kappa shape index (κ2) is 8.82. The van der Waals surface area contributed by atoms with Gasteiger partial charge in [0.05, 0.1) is 42.7 Å². The van der Waals surface area contributed by atoms with Crippen LogP contribution in [0.1, 0.15) is 30.7 Å². The quantitative estimate of drug-likeness (QED) is 0.369. The lowest BCUT2D eigenvalue weighted by Crippen LogP contribution is -2.49. The Balaban J connectivity index is 1.20. The van der Waals surface area contributed by atoms with E-state index in [1.807, 2.05) is 36.5 Å². The molecule has 0 aromatic carbocycles. The van der Waals surface area contributed by atoms with Crippen LogP contribution in [-0.4, -0.2) is 69.5 Å². The number of hydrogen-bond acceptors (Lipinski definition) is 9. The summed E-state index contributed by atoms with van der Waals surface area (Å²) in [5, 5.41) is 13.2. The van der Waals surface area contributed by atoms with Crippen molar-refractivity contribution in [3.8, 4) is 11.3 Å². The molecule has 0 radical (unpaired) electrons. The van der Waals surface area contributed by atoms with Crippen LogP contribution in [0.5, 0.6) is 0 Å². The molecule has 1 atom stereocenters. The van der Waals surface area contributed by atoms with Crippen molar-refractivity contribution in [3.05, 3.63) is 42.1 Å². The third kappa shape index (κ3) is 3.88. The molecular formula is C25H32N10O. The van der Waals surface area contributed by atoms with E-state index in [2.05, 4.69) is 20.0 Å². The van der Waals surface area contributed by atoms with Gasteiger partial charge in [-0.3, -0.25) is 15.1 Å². The molecule has 0 aliphatic carbocycles. The summed E-state index contributed by atoms with van der Waals surface area (Å²) >= 11 is 0. The van der Waals surface area contributed by atoms with Crippen LogP contribution in [0.4, 0.5) is 17.3 Å². The van der Waals surface area contributed by atoms with Gasteiger partial charge in [0.15, 0.2) is 11.7 Å². The Kier molecular flexibility index (Phi) is 5.60. The molecule has 0 unspecified atom stereocenters. The first-order valence-electron chi connectivity index (χ1n) is 12.5. The van der Waals surface area contributed by atoms with Crippen molar-refractivity contribution >= 4 is 23.2 Å². The summed E-state index contributed by atoms with van der Waals surface area (Å²) in [7, 11) is 1.89. The molecule has 11 heteroatoms. The minimum absolute atomic E-state index is 0.0735. The van der Waals surface area contributed by atoms with Crippen LogP contribution >= 0.6 is 0 Å². The first-order chi connectivity index (χ1) is 17.4. The Morgan fingerprint density at radius 3 is 2.69 bits per heavy atom. The van der Waals surface area contributed by atoms with E-state index in [-0.39, 0.29) is 23.1 Å². The van der Waals surface area contributed by atoms with Crippen molar-refractivity contribution in [2.24, 2.45) is 18.2 Å². The van der Waals surface area contributed by atoms with Gasteiger partial charge in [-0.15, -0.1) is 0 Å². The lowest BCUT2D eigenvalue weighted by Gasteiger charge is -2.41. The highest BCUT2D eigenvalue weighted by molar-refractivity contribution is 6.09. The summed E-state index contributed by atoms with van der Waals surface area (Å²) in [6.07, 6.45) is 9.18. The highest BCUT2D eigenvalue weighted by Crippen LogP contribution is 2.39. The minimum atomic E-state index is 0.0735. The number of piperidine rings is 1. The van der Waals surface area contributed by atoms with E-state index in [4.69, 9.17) is 26.6 Å². The molecule has 3 aliphatic rings. The number of aryl methyl sites for hydroxylation is 2. The Hall–Kier alpha value is -3.57. The number of nitrogen functional groups attached to an aromatic ring is 1. The van der Waals surface area contributed by atoms with Crippen molar-refractivity contribution in [3.63, 3.8) is 0 Å². The number of ether oxygens (including phenoxy) is 1. The van der Waals surface area contributed by atoms with E-state index in [1.165, 1.54) is 0 Å². The van der Waals surface area contributed by atoms with Crippen molar-refractivity contribution in [1.29, 1.82) is 5.41 Å². The number of hydrogen-bond donors (Lipinski definition) is 3. The number of aromatic nitrogens is 5. The molecule has 188 valence electrons. The number of nitrogens with one attached hydrogen (secondary N) is 1. The van der Waals surface area contributed by atoms with Gasteiger partial charge >= 0.3 is 0 Å². The summed E-state index contributed by atoms with van der Waals surface area (Å²) in [5.41, 5.74) is 16.9. The Bertz CT molecular complexity index is 1300. The third-order valence-corrected chi connectivity index (χ3v) is 7.87. The van der Waals surface area contributed by atoms with Crippen LogP contribution in [0.25, 0.3) is 11.3 Å². The average molecular weight is 489 g/mol. The molecule has 1 spiro atoms. The van der Waals surface area contributed by atoms with Crippen LogP contribution in [0.3, 0.4) is 0 Å². The second-order valence-electron chi connectivity index (χ2n) is 10.1. The van der Waals surface area contributed by atoms with Gasteiger partial charge in [-0.2, -0.15) is 5.10 Å². The maximum absolute atomic E-state index is 8.92. The monoisotopic (exact) mass is 488 g/mol. The molecule has 36 heavy (non-hydrogen) atoms. The zero-order valence-corrected chi connectivity index (χ0v) is 20.5. The molecule has 6 heterocycles. The van der Waals surface area contributed by atoms with Crippen molar-refractivity contribution in [2.45, 2.75) is 31.7 Å². The van der Waals surface area contributed by atoms with Gasteiger partial charge in [0.25, 0.3) is 0 Å². The molecule has 2 saturated heterocycles. The fourth-order valence-electron chi connectivity index (χ4n) is 5.62. The zero-order valence-electron chi connectivity index (χ0n) is 20.5. The number of pyridine rings is 1. The predicted octanol–water partition coefficient (Wildman–Crippen LogP) is 1.58. The molecule has 0 bridgehead atoms. The molecule has 0 amide bonds. The maximum atomic E-state index is 8.92. The molecule has 3 aromatic rings. The van der Waals surface area contributed by atoms with Crippen molar-refractivity contribution in [1.82, 2.24) is 24.7 Å². The van der Waals surface area contributed by atoms with Gasteiger partial charge in [-0.05, 0) is 37.8 Å². The maximum Gasteiger partial charge on any atom is 0.155 e. The van der Waals surface area contributed by atoms with Crippen LogP contribution in [-0.2, 0) is 18.2 Å². The molecular weight excluding hydrogens is 456 g/mol. The summed E-state index contributed by atoms with van der Waals surface area (Å²) in [5.74, 6) is 1.26. The number of fused-ring (bicyclic) bond motifs is 1. The number of rotatable bonds is 3. The summed E-state index contributed by atoms with van der Waals surface area (Å²) in [4.78, 5) is 18.3. The first-order valence-corrected chi connectivity index (χ1v) is 12.5. The standard InChI is InChI=1S/C25H32N10O/c1-33-13-16(11-30-33)17-4-5-19-18(31-17)3-2-8-35(19)24(28)22-23(27)32-21(12-29-22)34-9-6-25(7-10-34)15-36-14-20(25)26/h4-5,11-13,20,28H,2-3,6-10,14-15,26H2,1H3,(H2,27,32)/t20-/m1/s1. The van der Waals surface area contributed by atoms with Crippen LogP contribution in [0, 0.1) is 10.8 Å². The summed E-state index contributed by atoms with van der Waals surface area (Å²) < 4.78 is 7.40. The minimum Gasteiger partial charge on any atom is -0.382 e. The SMILES string of the molecule is Cn1cc(-c2ccc3c(n2)CCCN3C(=N)c2ncc(N3CCC4(CC3)COC[C@H]4N)nc2N)cn1. The zero-order chi connectivity index (χ0) is 24.9. The lowest BCUT2D eigenvalue weighted by atomic mass is 9.75. The fourth-order valence-corrected chi connectivity index (χ4v) is 5.62. The van der Waals surface area contributed by atoms with E-state index >= 15 is 0 Å². The molecule has 2 fully saturated rings. The molecule has 11 nitrogen and oxygen atoms in total. The van der Waals surface area contributed by atoms with Gasteiger partial charge < -0.3 is 26.0 Å². The average Bonchev–Trinajstić information content (AvgIpc) is 3.48. The number of anilines is 3. The number of amidine groups is 1. The molecule has 3 aromatic heterocycles. The Labute approximate surface area is 210 Å². The summed E-state index contributed by atoms with van der Waals surface area (Å²) in [6.45, 7) is 3.77. The third-order valence-electron chi connectivity index (χ3n) is 7.87. The Morgan fingerprint density at radius 2 is 2.00 bits per heavy atom. The van der Waals surface area contributed by atoms with E-state index in [0.29, 0.717) is 18.8 Å². The van der Waals surface area contributed by atoms with Crippen molar-refractivity contribution in [2.75, 3.05) is 48.4 Å². The van der Waals surface area contributed by atoms with E-state index in [9.17, 15) is 0 Å². The predicted molar refractivity (Wildman–Crippen MR) is 138 cm³/mol. The highest BCUT2D eigenvalue weighted by atomic mass is 16.5. The first kappa shape index (κ1) is 22.9. The van der Waals surface area contributed by atoms with Crippen LogP contribution in [0.15, 0.2) is 30.7 Å². The van der Waals surface area contributed by atoms with E-state index < -0.39 is 0 Å². The van der Waals surface area contributed by atoms with Gasteiger partial charge in [-0.25, -0.2) is 9.97 Å². The Morgan fingerprint density at radius 1 is 1.17 bits per heavy atom. The summed E-state index contributed by atoms with van der Waals surface area (Å²) in [6, 6.07) is 4.10. The highest BCUT2D eigenvalue weighted by Gasteiger charge is 2.44. The lowest BCUT2D eigenvalue weighted by molar-refractivity contribution is 0.131. The molecule has 0 saturated carbocycles. The largest absolute Gasteiger partial charge is 0.382 e. The molecule has 5 N–H and O–H groups in total. The topological polar surface area (TPSA) is 148 Å². The number of nitrogens with two attached hydrogens (primary N) is 2. The smallest absolute Gasteiger partial charge is 0.155 e. The van der Waals surface area contributed by atoms with Gasteiger partial charge in [-0.1, -0.05) is 0 Å². The molecule has 3 aliphatic heterocycles. The van der Waals surface area contributed by atoms with Gasteiger partial charge in [0.1, 0.15) is 11.5 Å². The van der Waals surface area contributed by atoms with E-state index in [0.717, 1.165) is 73.8 Å². The van der Waals surface area contributed by atoms with Gasteiger partial charge in [0.2, 0.25) is 0 Å². The molecule has 6 rings (SSSR count). The van der Waals surface area contributed by atoms with E-state index in [1.54, 1.807) is 10.9 Å².